The van der Waals surface area contributed by atoms with Crippen LogP contribution in [-0.2, 0) is 0 Å². The molecule has 0 aliphatic heterocycles. The molecule has 1 heterocycles. The second-order valence-corrected chi connectivity index (χ2v) is 3.27. The predicted molar refractivity (Wildman–Crippen MR) is 51.3 cm³/mol. The average Bonchev–Trinajstić information content (AvgIpc) is 2.14. The van der Waals surface area contributed by atoms with Crippen molar-refractivity contribution in [3.63, 3.8) is 0 Å². The fourth-order valence-electron chi connectivity index (χ4n) is 0.890. The third-order valence-corrected chi connectivity index (χ3v) is 1.85. The van der Waals surface area contributed by atoms with Gasteiger partial charge in [0.05, 0.1) is 0 Å². The van der Waals surface area contributed by atoms with Crippen LogP contribution in [0.3, 0.4) is 0 Å². The molecule has 0 aliphatic carbocycles. The molecule has 0 aliphatic rings. The number of alkyl halides is 1. The highest BCUT2D eigenvalue weighted by Gasteiger charge is 2.10. The summed E-state index contributed by atoms with van der Waals surface area (Å²) in [6.45, 7) is 1.49. The quantitative estimate of drug-likeness (QED) is 0.772. The number of hydrogen-bond acceptors (Lipinski definition) is 3. The molecule has 0 amide bonds. The van der Waals surface area contributed by atoms with E-state index in [9.17, 15) is 14.0 Å². The van der Waals surface area contributed by atoms with Crippen molar-refractivity contribution in [1.29, 1.82) is 0 Å². The molecular weight excluding hydrogens is 259 g/mol. The number of halogens is 2. The van der Waals surface area contributed by atoms with E-state index in [1.807, 2.05) is 0 Å². The Balaban J connectivity index is 3.23. The molecule has 1 aromatic heterocycles. The fraction of sp³-hybridized carbons (Fsp3) is 0.429. The standard InChI is InChI=1S/C7H8BrFN2O3/c1-4-5(9)6(12)10-7(13)11(4)14-3-2-8/h2-3H2,1H3,(H,10,12,13). The molecule has 1 aromatic rings. The van der Waals surface area contributed by atoms with Crippen LogP contribution in [0.5, 0.6) is 0 Å². The Labute approximate surface area is 86.6 Å². The molecule has 0 radical (unpaired) electrons. The first-order chi connectivity index (χ1) is 6.57. The lowest BCUT2D eigenvalue weighted by molar-refractivity contribution is 0.103. The fourth-order valence-corrected chi connectivity index (χ4v) is 1.03. The van der Waals surface area contributed by atoms with Crippen molar-refractivity contribution in [3.05, 3.63) is 32.3 Å². The van der Waals surface area contributed by atoms with Gasteiger partial charge in [0.15, 0.2) is 0 Å². The summed E-state index contributed by atoms with van der Waals surface area (Å²) in [5, 5.41) is 0.500. The highest BCUT2D eigenvalue weighted by molar-refractivity contribution is 9.09. The minimum absolute atomic E-state index is 0.139. The molecular formula is C7H8BrFN2O3. The lowest BCUT2D eigenvalue weighted by Gasteiger charge is -2.09. The first-order valence-corrected chi connectivity index (χ1v) is 4.90. The van der Waals surface area contributed by atoms with Crippen LogP contribution in [0.4, 0.5) is 4.39 Å². The van der Waals surface area contributed by atoms with Gasteiger partial charge in [-0.1, -0.05) is 15.9 Å². The lowest BCUT2D eigenvalue weighted by atomic mass is 10.4. The maximum absolute atomic E-state index is 13.0. The molecule has 78 valence electrons. The van der Waals surface area contributed by atoms with Crippen LogP contribution in [0.15, 0.2) is 9.59 Å². The summed E-state index contributed by atoms with van der Waals surface area (Å²) in [6.07, 6.45) is 0. The van der Waals surface area contributed by atoms with E-state index < -0.39 is 17.1 Å². The Kier molecular flexibility index (Phi) is 3.45. The Hall–Kier alpha value is -1.11. The van der Waals surface area contributed by atoms with Crippen molar-refractivity contribution in [2.24, 2.45) is 0 Å². The van der Waals surface area contributed by atoms with Crippen LogP contribution < -0.4 is 16.1 Å². The highest BCUT2D eigenvalue weighted by atomic mass is 79.9. The Morgan fingerprint density at radius 1 is 1.57 bits per heavy atom. The lowest BCUT2D eigenvalue weighted by Crippen LogP contribution is -2.38. The Morgan fingerprint density at radius 2 is 2.21 bits per heavy atom. The topological polar surface area (TPSA) is 64.1 Å². The van der Waals surface area contributed by atoms with E-state index in [0.717, 1.165) is 4.73 Å². The summed E-state index contributed by atoms with van der Waals surface area (Å²) in [5.41, 5.74) is -1.96. The van der Waals surface area contributed by atoms with Gasteiger partial charge in [0.1, 0.15) is 12.3 Å². The summed E-state index contributed by atoms with van der Waals surface area (Å²) < 4.78 is 13.7. The number of nitrogens with zero attached hydrogens (tertiary/aromatic N) is 1. The zero-order valence-corrected chi connectivity index (χ0v) is 8.93. The summed E-state index contributed by atoms with van der Waals surface area (Å²) in [6, 6.07) is 0. The third kappa shape index (κ3) is 2.03. The van der Waals surface area contributed by atoms with Crippen LogP contribution in [0, 0.1) is 12.7 Å². The molecule has 1 N–H and O–H groups in total. The summed E-state index contributed by atoms with van der Waals surface area (Å²) in [4.78, 5) is 28.6. The monoisotopic (exact) mass is 266 g/mol. The van der Waals surface area contributed by atoms with Crippen molar-refractivity contribution in [2.45, 2.75) is 6.92 Å². The number of H-pyrrole nitrogens is 1. The van der Waals surface area contributed by atoms with Gasteiger partial charge >= 0.3 is 5.69 Å². The molecule has 7 heteroatoms. The summed E-state index contributed by atoms with van der Waals surface area (Å²) in [7, 11) is 0. The largest absolute Gasteiger partial charge is 0.408 e. The van der Waals surface area contributed by atoms with Crippen molar-refractivity contribution in [2.75, 3.05) is 11.9 Å². The first-order valence-electron chi connectivity index (χ1n) is 3.78. The van der Waals surface area contributed by atoms with Crippen LogP contribution in [-0.4, -0.2) is 21.7 Å². The molecule has 1 rings (SSSR count). The van der Waals surface area contributed by atoms with Gasteiger partial charge in [0, 0.05) is 5.33 Å². The van der Waals surface area contributed by atoms with Crippen LogP contribution in [0.1, 0.15) is 5.69 Å². The van der Waals surface area contributed by atoms with Crippen molar-refractivity contribution in [1.82, 2.24) is 9.71 Å². The van der Waals surface area contributed by atoms with Gasteiger partial charge < -0.3 is 4.84 Å². The minimum atomic E-state index is -1.04. The predicted octanol–water partition coefficient (Wildman–Crippen LogP) is -0.192. The molecule has 0 atom stereocenters. The van der Waals surface area contributed by atoms with Gasteiger partial charge in [-0.3, -0.25) is 9.78 Å². The molecule has 0 saturated heterocycles. The Bertz CT molecular complexity index is 440. The second kappa shape index (κ2) is 4.41. The van der Waals surface area contributed by atoms with Gasteiger partial charge in [-0.15, -0.1) is 4.73 Å². The van der Waals surface area contributed by atoms with Gasteiger partial charge in [-0.2, -0.15) is 4.39 Å². The van der Waals surface area contributed by atoms with E-state index in [0.29, 0.717) is 5.33 Å². The number of nitrogens with one attached hydrogen (secondary N) is 1. The van der Waals surface area contributed by atoms with E-state index in [1.165, 1.54) is 6.92 Å². The van der Waals surface area contributed by atoms with E-state index in [-0.39, 0.29) is 12.3 Å². The summed E-state index contributed by atoms with van der Waals surface area (Å²) >= 11 is 3.08. The zero-order valence-electron chi connectivity index (χ0n) is 7.34. The molecule has 14 heavy (non-hydrogen) atoms. The van der Waals surface area contributed by atoms with Crippen molar-refractivity contribution >= 4 is 15.9 Å². The number of aromatic nitrogens is 2. The molecule has 0 saturated carbocycles. The van der Waals surface area contributed by atoms with Crippen LogP contribution >= 0.6 is 15.9 Å². The van der Waals surface area contributed by atoms with Crippen LogP contribution in [0.2, 0.25) is 0 Å². The molecule has 5 nitrogen and oxygen atoms in total. The number of aromatic amines is 1. The maximum Gasteiger partial charge on any atom is 0.361 e. The number of rotatable bonds is 3. The Morgan fingerprint density at radius 3 is 2.79 bits per heavy atom. The third-order valence-electron chi connectivity index (χ3n) is 1.52. The zero-order chi connectivity index (χ0) is 10.7. The molecule has 0 spiro atoms. The molecule has 0 fully saturated rings. The molecule has 0 bridgehead atoms. The van der Waals surface area contributed by atoms with E-state index >= 15 is 0 Å². The SMILES string of the molecule is Cc1c(F)c(=O)[nH]c(=O)n1OCCBr. The van der Waals surface area contributed by atoms with Crippen molar-refractivity contribution < 1.29 is 9.23 Å². The average molecular weight is 267 g/mol. The number of hydrogen-bond donors (Lipinski definition) is 1. The van der Waals surface area contributed by atoms with Crippen LogP contribution in [0.25, 0.3) is 0 Å². The second-order valence-electron chi connectivity index (χ2n) is 2.48. The van der Waals surface area contributed by atoms with E-state index in [4.69, 9.17) is 4.84 Å². The molecule has 0 aromatic carbocycles. The maximum atomic E-state index is 13.0. The van der Waals surface area contributed by atoms with Gasteiger partial charge in [0.2, 0.25) is 5.82 Å². The van der Waals surface area contributed by atoms with Gasteiger partial charge in [0.25, 0.3) is 5.56 Å². The van der Waals surface area contributed by atoms with Gasteiger partial charge in [-0.25, -0.2) is 4.79 Å². The van der Waals surface area contributed by atoms with Gasteiger partial charge in [-0.05, 0) is 6.92 Å². The van der Waals surface area contributed by atoms with E-state index in [2.05, 4.69) is 15.9 Å². The smallest absolute Gasteiger partial charge is 0.361 e. The highest BCUT2D eigenvalue weighted by Crippen LogP contribution is 1.94. The van der Waals surface area contributed by atoms with Crippen molar-refractivity contribution in [3.8, 4) is 0 Å². The summed E-state index contributed by atoms with van der Waals surface area (Å²) in [5.74, 6) is -1.01. The normalized spacial score (nSPS) is 10.2. The molecule has 0 unspecified atom stereocenters. The van der Waals surface area contributed by atoms with E-state index in [1.54, 1.807) is 4.98 Å². The first kappa shape index (κ1) is 11.0. The minimum Gasteiger partial charge on any atom is -0.408 e.